The monoisotopic (exact) mass is 190 g/mol. The van der Waals surface area contributed by atoms with Crippen LogP contribution in [0.5, 0.6) is 0 Å². The lowest BCUT2D eigenvalue weighted by atomic mass is 10.1. The number of hydrazine groups is 1. The lowest BCUT2D eigenvalue weighted by molar-refractivity contribution is 0.712. The molecule has 4 N–H and O–H groups in total. The Morgan fingerprint density at radius 3 is 2.50 bits per heavy atom. The summed E-state index contributed by atoms with van der Waals surface area (Å²) in [7, 11) is 0. The summed E-state index contributed by atoms with van der Waals surface area (Å²) in [6, 6.07) is 7.28. The van der Waals surface area contributed by atoms with E-state index in [9.17, 15) is 0 Å². The minimum atomic E-state index is 0.172. The van der Waals surface area contributed by atoms with Gasteiger partial charge < -0.3 is 10.7 Å². The smallest absolute Gasteiger partial charge is 0.0992 e. The van der Waals surface area contributed by atoms with Gasteiger partial charge in [-0.1, -0.05) is 0 Å². The van der Waals surface area contributed by atoms with Crippen molar-refractivity contribution in [1.29, 1.82) is 5.26 Å². The van der Waals surface area contributed by atoms with Gasteiger partial charge in [-0.2, -0.15) is 5.26 Å². The van der Waals surface area contributed by atoms with Crippen molar-refractivity contribution in [3.05, 3.63) is 23.8 Å². The van der Waals surface area contributed by atoms with Gasteiger partial charge in [-0.3, -0.25) is 0 Å². The largest absolute Gasteiger partial charge is 0.397 e. The van der Waals surface area contributed by atoms with E-state index in [2.05, 4.69) is 0 Å². The van der Waals surface area contributed by atoms with Gasteiger partial charge in [-0.15, -0.1) is 0 Å². The SMILES string of the molecule is CC(C)N(N)c1ccc(C#N)cc1N. The van der Waals surface area contributed by atoms with Gasteiger partial charge in [-0.05, 0) is 32.0 Å². The summed E-state index contributed by atoms with van der Waals surface area (Å²) in [6.45, 7) is 3.94. The van der Waals surface area contributed by atoms with Crippen LogP contribution in [0.1, 0.15) is 19.4 Å². The number of nitriles is 1. The van der Waals surface area contributed by atoms with E-state index in [1.807, 2.05) is 19.9 Å². The minimum absolute atomic E-state index is 0.172. The molecule has 0 spiro atoms. The summed E-state index contributed by atoms with van der Waals surface area (Å²) >= 11 is 0. The molecule has 0 aliphatic heterocycles. The fourth-order valence-electron chi connectivity index (χ4n) is 1.14. The highest BCUT2D eigenvalue weighted by Gasteiger charge is 2.09. The van der Waals surface area contributed by atoms with Crippen molar-refractivity contribution < 1.29 is 0 Å². The molecule has 0 amide bonds. The maximum atomic E-state index is 8.65. The third kappa shape index (κ3) is 1.95. The molecule has 1 aromatic carbocycles. The molecule has 0 unspecified atom stereocenters. The molecule has 0 saturated heterocycles. The van der Waals surface area contributed by atoms with Gasteiger partial charge in [0.1, 0.15) is 0 Å². The first-order valence-corrected chi connectivity index (χ1v) is 4.40. The molecule has 4 heteroatoms. The number of hydrogen-bond donors (Lipinski definition) is 2. The van der Waals surface area contributed by atoms with Gasteiger partial charge >= 0.3 is 0 Å². The quantitative estimate of drug-likeness (QED) is 0.417. The average Bonchev–Trinajstić information content (AvgIpc) is 2.16. The van der Waals surface area contributed by atoms with Crippen LogP contribution in [0.4, 0.5) is 11.4 Å². The van der Waals surface area contributed by atoms with Gasteiger partial charge in [0, 0.05) is 6.04 Å². The van der Waals surface area contributed by atoms with Crippen LogP contribution in [0.3, 0.4) is 0 Å². The zero-order valence-electron chi connectivity index (χ0n) is 8.36. The van der Waals surface area contributed by atoms with Crippen LogP contribution in [0.25, 0.3) is 0 Å². The normalized spacial score (nSPS) is 9.93. The molecule has 0 bridgehead atoms. The van der Waals surface area contributed by atoms with Gasteiger partial charge in [-0.25, -0.2) is 5.84 Å². The molecule has 0 atom stereocenters. The second-order valence-electron chi connectivity index (χ2n) is 3.39. The van der Waals surface area contributed by atoms with Crippen LogP contribution < -0.4 is 16.6 Å². The van der Waals surface area contributed by atoms with Gasteiger partial charge in [0.05, 0.1) is 23.0 Å². The summed E-state index contributed by atoms with van der Waals surface area (Å²) in [5.74, 6) is 5.80. The standard InChI is InChI=1S/C10H14N4/c1-7(2)14(13)10-4-3-8(6-11)5-9(10)12/h3-5,7H,12-13H2,1-2H3. The van der Waals surface area contributed by atoms with E-state index in [1.165, 1.54) is 0 Å². The number of anilines is 2. The van der Waals surface area contributed by atoms with E-state index in [0.29, 0.717) is 11.3 Å². The third-order valence-corrected chi connectivity index (χ3v) is 1.99. The summed E-state index contributed by atoms with van der Waals surface area (Å²) in [6.07, 6.45) is 0. The zero-order valence-corrected chi connectivity index (χ0v) is 8.36. The first kappa shape index (κ1) is 10.4. The molecule has 0 aliphatic rings. The van der Waals surface area contributed by atoms with Crippen molar-refractivity contribution in [1.82, 2.24) is 0 Å². The summed E-state index contributed by atoms with van der Waals surface area (Å²) in [5, 5.41) is 10.2. The van der Waals surface area contributed by atoms with Crippen molar-refractivity contribution in [2.45, 2.75) is 19.9 Å². The van der Waals surface area contributed by atoms with E-state index >= 15 is 0 Å². The second kappa shape index (κ2) is 3.99. The third-order valence-electron chi connectivity index (χ3n) is 1.99. The fourth-order valence-corrected chi connectivity index (χ4v) is 1.14. The van der Waals surface area contributed by atoms with Crippen molar-refractivity contribution in [3.63, 3.8) is 0 Å². The molecule has 0 heterocycles. The van der Waals surface area contributed by atoms with Crippen LogP contribution in [-0.4, -0.2) is 6.04 Å². The van der Waals surface area contributed by atoms with Crippen LogP contribution in [0, 0.1) is 11.3 Å². The van der Waals surface area contributed by atoms with Crippen molar-refractivity contribution in [2.24, 2.45) is 5.84 Å². The number of nitrogens with zero attached hydrogens (tertiary/aromatic N) is 2. The van der Waals surface area contributed by atoms with Crippen molar-refractivity contribution in [2.75, 3.05) is 10.7 Å². The molecular weight excluding hydrogens is 176 g/mol. The van der Waals surface area contributed by atoms with E-state index in [0.717, 1.165) is 5.69 Å². The van der Waals surface area contributed by atoms with E-state index in [4.69, 9.17) is 16.8 Å². The van der Waals surface area contributed by atoms with Crippen LogP contribution in [0.15, 0.2) is 18.2 Å². The lowest BCUT2D eigenvalue weighted by Crippen LogP contribution is -2.37. The molecule has 1 rings (SSSR count). The topological polar surface area (TPSA) is 79.1 Å². The molecule has 1 aromatic rings. The first-order chi connectivity index (χ1) is 6.56. The van der Waals surface area contributed by atoms with Gasteiger partial charge in [0.15, 0.2) is 0 Å². The fraction of sp³-hybridized carbons (Fsp3) is 0.300. The Kier molecular flexibility index (Phi) is 2.95. The van der Waals surface area contributed by atoms with E-state index in [-0.39, 0.29) is 6.04 Å². The van der Waals surface area contributed by atoms with Crippen LogP contribution in [-0.2, 0) is 0 Å². The van der Waals surface area contributed by atoms with Crippen molar-refractivity contribution >= 4 is 11.4 Å². The number of rotatable bonds is 2. The molecule has 0 saturated carbocycles. The summed E-state index contributed by atoms with van der Waals surface area (Å²) in [4.78, 5) is 0. The highest BCUT2D eigenvalue weighted by molar-refractivity contribution is 5.69. The minimum Gasteiger partial charge on any atom is -0.397 e. The highest BCUT2D eigenvalue weighted by atomic mass is 15.4. The second-order valence-corrected chi connectivity index (χ2v) is 3.39. The number of nitrogen functional groups attached to an aromatic ring is 1. The Labute approximate surface area is 83.7 Å². The molecule has 0 fully saturated rings. The number of hydrogen-bond acceptors (Lipinski definition) is 4. The maximum Gasteiger partial charge on any atom is 0.0992 e. The Morgan fingerprint density at radius 2 is 2.07 bits per heavy atom. The molecule has 4 nitrogen and oxygen atoms in total. The predicted molar refractivity (Wildman–Crippen MR) is 57.4 cm³/mol. The molecule has 74 valence electrons. The van der Waals surface area contributed by atoms with E-state index in [1.54, 1.807) is 23.2 Å². The van der Waals surface area contributed by atoms with Crippen LogP contribution >= 0.6 is 0 Å². The number of benzene rings is 1. The Balaban J connectivity index is 3.07. The van der Waals surface area contributed by atoms with Crippen LogP contribution in [0.2, 0.25) is 0 Å². The molecule has 0 radical (unpaired) electrons. The molecule has 0 aliphatic carbocycles. The molecule has 0 aromatic heterocycles. The summed E-state index contributed by atoms with van der Waals surface area (Å²) in [5.41, 5.74) is 7.58. The molecular formula is C10H14N4. The zero-order chi connectivity index (χ0) is 10.7. The van der Waals surface area contributed by atoms with Crippen molar-refractivity contribution in [3.8, 4) is 6.07 Å². The number of nitrogens with two attached hydrogens (primary N) is 2. The van der Waals surface area contributed by atoms with E-state index < -0.39 is 0 Å². The predicted octanol–water partition coefficient (Wildman–Crippen LogP) is 1.23. The van der Waals surface area contributed by atoms with Gasteiger partial charge in [0.2, 0.25) is 0 Å². The molecule has 14 heavy (non-hydrogen) atoms. The summed E-state index contributed by atoms with van der Waals surface area (Å²) < 4.78 is 0. The average molecular weight is 190 g/mol. The Morgan fingerprint density at radius 1 is 1.43 bits per heavy atom. The Bertz CT molecular complexity index is 365. The van der Waals surface area contributed by atoms with Gasteiger partial charge in [0.25, 0.3) is 0 Å². The Hall–Kier alpha value is -1.73. The lowest BCUT2D eigenvalue weighted by Gasteiger charge is -2.24. The first-order valence-electron chi connectivity index (χ1n) is 4.40. The highest BCUT2D eigenvalue weighted by Crippen LogP contribution is 2.23. The maximum absolute atomic E-state index is 8.65.